The zero-order chi connectivity index (χ0) is 14.4. The minimum absolute atomic E-state index is 0.311. The number of rotatable bonds is 4. The molecule has 0 bridgehead atoms. The molecule has 2 aromatic rings. The molecule has 0 aliphatic heterocycles. The van der Waals surface area contributed by atoms with E-state index in [4.69, 9.17) is 16.3 Å². The van der Waals surface area contributed by atoms with Crippen molar-refractivity contribution < 1.29 is 9.53 Å². The predicted octanol–water partition coefficient (Wildman–Crippen LogP) is 3.67. The number of urea groups is 1. The van der Waals surface area contributed by atoms with Gasteiger partial charge in [0.05, 0.1) is 17.8 Å². The Morgan fingerprint density at radius 3 is 2.60 bits per heavy atom. The Labute approximate surface area is 122 Å². The normalized spacial score (nSPS) is 9.90. The average Bonchev–Trinajstić information content (AvgIpc) is 2.46. The molecule has 20 heavy (non-hydrogen) atoms. The highest BCUT2D eigenvalue weighted by atomic mass is 35.5. The summed E-state index contributed by atoms with van der Waals surface area (Å²) >= 11 is 5.99. The third-order valence-electron chi connectivity index (χ3n) is 2.72. The second-order valence-corrected chi connectivity index (χ2v) is 4.52. The minimum atomic E-state index is -0.311. The summed E-state index contributed by atoms with van der Waals surface area (Å²) in [4.78, 5) is 11.8. The number of halogens is 1. The van der Waals surface area contributed by atoms with E-state index in [1.807, 2.05) is 30.3 Å². The summed E-state index contributed by atoms with van der Waals surface area (Å²) in [6, 6.07) is 14.5. The molecule has 0 aromatic heterocycles. The van der Waals surface area contributed by atoms with Crippen LogP contribution in [0.4, 0.5) is 10.5 Å². The number of methoxy groups -OCH3 is 1. The summed E-state index contributed by atoms with van der Waals surface area (Å²) in [7, 11) is 1.51. The van der Waals surface area contributed by atoms with Gasteiger partial charge in [0.2, 0.25) is 0 Å². The maximum absolute atomic E-state index is 11.8. The molecule has 2 rings (SSSR count). The topological polar surface area (TPSA) is 50.4 Å². The lowest BCUT2D eigenvalue weighted by Gasteiger charge is -2.12. The van der Waals surface area contributed by atoms with Gasteiger partial charge in [0, 0.05) is 6.54 Å². The van der Waals surface area contributed by atoms with E-state index in [2.05, 4.69) is 10.6 Å². The third-order valence-corrected chi connectivity index (χ3v) is 3.01. The molecule has 5 heteroatoms. The van der Waals surface area contributed by atoms with Crippen LogP contribution < -0.4 is 15.4 Å². The fourth-order valence-corrected chi connectivity index (χ4v) is 2.01. The molecular weight excluding hydrogens is 276 g/mol. The molecule has 0 saturated carbocycles. The van der Waals surface area contributed by atoms with Crippen LogP contribution in [0.3, 0.4) is 0 Å². The van der Waals surface area contributed by atoms with Crippen LogP contribution in [0.1, 0.15) is 5.56 Å². The van der Waals surface area contributed by atoms with Crippen molar-refractivity contribution >= 4 is 23.3 Å². The molecule has 2 aromatic carbocycles. The Morgan fingerprint density at radius 2 is 1.90 bits per heavy atom. The summed E-state index contributed by atoms with van der Waals surface area (Å²) in [6.07, 6.45) is 0. The van der Waals surface area contributed by atoms with E-state index in [1.165, 1.54) is 7.11 Å². The van der Waals surface area contributed by atoms with Crippen molar-refractivity contribution in [1.29, 1.82) is 0 Å². The number of ether oxygens (including phenoxy) is 1. The van der Waals surface area contributed by atoms with Gasteiger partial charge in [-0.2, -0.15) is 0 Å². The predicted molar refractivity (Wildman–Crippen MR) is 80.3 cm³/mol. The molecule has 0 fully saturated rings. The molecule has 4 nitrogen and oxygen atoms in total. The first-order chi connectivity index (χ1) is 9.70. The second kappa shape index (κ2) is 6.82. The highest BCUT2D eigenvalue weighted by Crippen LogP contribution is 2.32. The Hall–Kier alpha value is -2.20. The molecule has 0 unspecified atom stereocenters. The maximum Gasteiger partial charge on any atom is 0.319 e. The Kier molecular flexibility index (Phi) is 4.85. The van der Waals surface area contributed by atoms with Crippen molar-refractivity contribution in [3.8, 4) is 5.75 Å². The molecule has 0 radical (unpaired) electrons. The number of hydrogen-bond donors (Lipinski definition) is 2. The van der Waals surface area contributed by atoms with Crippen LogP contribution in [0.2, 0.25) is 5.02 Å². The monoisotopic (exact) mass is 290 g/mol. The second-order valence-electron chi connectivity index (χ2n) is 4.11. The van der Waals surface area contributed by atoms with Crippen molar-refractivity contribution in [3.05, 3.63) is 59.1 Å². The summed E-state index contributed by atoms with van der Waals surface area (Å²) < 4.78 is 5.17. The zero-order valence-electron chi connectivity index (χ0n) is 11.0. The summed E-state index contributed by atoms with van der Waals surface area (Å²) in [6.45, 7) is 0.454. The molecule has 104 valence electrons. The van der Waals surface area contributed by atoms with Gasteiger partial charge >= 0.3 is 6.03 Å². The van der Waals surface area contributed by atoms with Gasteiger partial charge in [-0.3, -0.25) is 0 Å². The standard InChI is InChI=1S/C15H15ClN2O2/c1-20-14-12(16)8-5-9-13(14)18-15(19)17-10-11-6-3-2-4-7-11/h2-9H,10H2,1H3,(H2,17,18,19). The van der Waals surface area contributed by atoms with Gasteiger partial charge in [0.25, 0.3) is 0 Å². The van der Waals surface area contributed by atoms with Crippen molar-refractivity contribution in [2.24, 2.45) is 0 Å². The van der Waals surface area contributed by atoms with Crippen LogP contribution in [0.5, 0.6) is 5.75 Å². The van der Waals surface area contributed by atoms with Gasteiger partial charge in [0.1, 0.15) is 0 Å². The van der Waals surface area contributed by atoms with E-state index in [1.54, 1.807) is 18.2 Å². The molecule has 2 N–H and O–H groups in total. The molecule has 0 spiro atoms. The average molecular weight is 291 g/mol. The van der Waals surface area contributed by atoms with Crippen LogP contribution in [-0.4, -0.2) is 13.1 Å². The van der Waals surface area contributed by atoms with Crippen LogP contribution in [0.25, 0.3) is 0 Å². The molecule has 0 heterocycles. The first-order valence-electron chi connectivity index (χ1n) is 6.12. The first-order valence-corrected chi connectivity index (χ1v) is 6.50. The third kappa shape index (κ3) is 3.65. The number of anilines is 1. The van der Waals surface area contributed by atoms with Crippen molar-refractivity contribution in [2.45, 2.75) is 6.54 Å². The largest absolute Gasteiger partial charge is 0.493 e. The van der Waals surface area contributed by atoms with Crippen LogP contribution in [-0.2, 0) is 6.54 Å². The molecular formula is C15H15ClN2O2. The van der Waals surface area contributed by atoms with Gasteiger partial charge in [-0.05, 0) is 17.7 Å². The number of hydrogen-bond acceptors (Lipinski definition) is 2. The summed E-state index contributed by atoms with van der Waals surface area (Å²) in [5.74, 6) is 0.448. The van der Waals surface area contributed by atoms with Gasteiger partial charge in [-0.1, -0.05) is 48.0 Å². The molecule has 0 saturated heterocycles. The van der Waals surface area contributed by atoms with Gasteiger partial charge < -0.3 is 15.4 Å². The van der Waals surface area contributed by atoms with E-state index in [0.717, 1.165) is 5.56 Å². The number of benzene rings is 2. The number of para-hydroxylation sites is 1. The SMILES string of the molecule is COc1c(Cl)cccc1NC(=O)NCc1ccccc1. The van der Waals surface area contributed by atoms with E-state index >= 15 is 0 Å². The molecule has 2 amide bonds. The van der Waals surface area contributed by atoms with E-state index < -0.39 is 0 Å². The van der Waals surface area contributed by atoms with Gasteiger partial charge in [-0.25, -0.2) is 4.79 Å². The number of nitrogens with one attached hydrogen (secondary N) is 2. The lowest BCUT2D eigenvalue weighted by Crippen LogP contribution is -2.28. The molecule has 0 aliphatic carbocycles. The van der Waals surface area contributed by atoms with Gasteiger partial charge in [0.15, 0.2) is 5.75 Å². The first kappa shape index (κ1) is 14.2. The van der Waals surface area contributed by atoms with E-state index in [0.29, 0.717) is 23.0 Å². The van der Waals surface area contributed by atoms with Crippen LogP contribution in [0, 0.1) is 0 Å². The fraction of sp³-hybridized carbons (Fsp3) is 0.133. The fourth-order valence-electron chi connectivity index (χ4n) is 1.76. The molecule has 0 atom stereocenters. The van der Waals surface area contributed by atoms with E-state index in [-0.39, 0.29) is 6.03 Å². The lowest BCUT2D eigenvalue weighted by atomic mass is 10.2. The van der Waals surface area contributed by atoms with Crippen molar-refractivity contribution in [3.63, 3.8) is 0 Å². The zero-order valence-corrected chi connectivity index (χ0v) is 11.8. The maximum atomic E-state index is 11.8. The van der Waals surface area contributed by atoms with Crippen LogP contribution >= 0.6 is 11.6 Å². The van der Waals surface area contributed by atoms with Crippen molar-refractivity contribution in [2.75, 3.05) is 12.4 Å². The van der Waals surface area contributed by atoms with Crippen LogP contribution in [0.15, 0.2) is 48.5 Å². The Bertz CT molecular complexity index is 588. The smallest absolute Gasteiger partial charge is 0.319 e. The number of carbonyl (C=O) groups excluding carboxylic acids is 1. The lowest BCUT2D eigenvalue weighted by molar-refractivity contribution is 0.251. The highest BCUT2D eigenvalue weighted by molar-refractivity contribution is 6.32. The Balaban J connectivity index is 1.97. The number of amides is 2. The quantitative estimate of drug-likeness (QED) is 0.902. The van der Waals surface area contributed by atoms with Gasteiger partial charge in [-0.15, -0.1) is 0 Å². The minimum Gasteiger partial charge on any atom is -0.493 e. The Morgan fingerprint density at radius 1 is 1.15 bits per heavy atom. The number of carbonyl (C=O) groups is 1. The van der Waals surface area contributed by atoms with Crippen molar-refractivity contribution in [1.82, 2.24) is 5.32 Å². The molecule has 0 aliphatic rings. The van der Waals surface area contributed by atoms with E-state index in [9.17, 15) is 4.79 Å². The summed E-state index contributed by atoms with van der Waals surface area (Å²) in [5, 5.41) is 5.93. The highest BCUT2D eigenvalue weighted by Gasteiger charge is 2.09. The summed E-state index contributed by atoms with van der Waals surface area (Å²) in [5.41, 5.74) is 1.56.